The fraction of sp³-hybridized carbons (Fsp3) is 0.440. The van der Waals surface area contributed by atoms with Gasteiger partial charge in [-0.2, -0.15) is 0 Å². The highest BCUT2D eigenvalue weighted by Gasteiger charge is 2.57. The van der Waals surface area contributed by atoms with Crippen LogP contribution in [-0.2, 0) is 20.5 Å². The van der Waals surface area contributed by atoms with E-state index in [0.29, 0.717) is 16.6 Å². The van der Waals surface area contributed by atoms with Gasteiger partial charge < -0.3 is 19.9 Å². The van der Waals surface area contributed by atoms with Crippen LogP contribution in [0.2, 0.25) is 0 Å². The topological polar surface area (TPSA) is 98.1 Å². The molecule has 2 N–H and O–H groups in total. The van der Waals surface area contributed by atoms with Crippen molar-refractivity contribution in [2.75, 3.05) is 25.1 Å². The fourth-order valence-corrected chi connectivity index (χ4v) is 5.23. The maximum atomic E-state index is 12.4. The van der Waals surface area contributed by atoms with E-state index >= 15 is 0 Å². The molecule has 5 rings (SSSR count). The van der Waals surface area contributed by atoms with Crippen molar-refractivity contribution >= 4 is 28.3 Å². The Labute approximate surface area is 202 Å². The zero-order chi connectivity index (χ0) is 23.9. The lowest BCUT2D eigenvalue weighted by molar-refractivity contribution is -0.115. The average molecular weight is 480 g/mol. The number of thiazole rings is 1. The van der Waals surface area contributed by atoms with Gasteiger partial charge in [-0.15, -0.1) is 11.3 Å². The first-order chi connectivity index (χ1) is 16.2. The first-order valence-corrected chi connectivity index (χ1v) is 12.4. The fourth-order valence-electron chi connectivity index (χ4n) is 4.50. The number of hydrogen-bond donors (Lipinski definition) is 2. The summed E-state index contributed by atoms with van der Waals surface area (Å²) >= 11 is 1.34. The molecule has 1 saturated heterocycles. The summed E-state index contributed by atoms with van der Waals surface area (Å²) in [5.74, 6) is -0.0468. The molecular formula is C25H29N5O3S. The van der Waals surface area contributed by atoms with Crippen molar-refractivity contribution in [2.45, 2.75) is 44.6 Å². The van der Waals surface area contributed by atoms with Crippen molar-refractivity contribution in [1.29, 1.82) is 0 Å². The molecule has 178 valence electrons. The number of amides is 2. The molecule has 2 amide bonds. The van der Waals surface area contributed by atoms with Crippen LogP contribution < -0.4 is 10.6 Å². The molecule has 2 aliphatic rings. The summed E-state index contributed by atoms with van der Waals surface area (Å²) < 4.78 is 7.56. The highest BCUT2D eigenvalue weighted by atomic mass is 32.1. The third kappa shape index (κ3) is 4.50. The van der Waals surface area contributed by atoms with Crippen LogP contribution in [0, 0.1) is 5.92 Å². The Balaban J connectivity index is 1.18. The van der Waals surface area contributed by atoms with E-state index in [1.165, 1.54) is 11.3 Å². The molecule has 0 aromatic carbocycles. The van der Waals surface area contributed by atoms with Crippen molar-refractivity contribution in [3.05, 3.63) is 53.3 Å². The van der Waals surface area contributed by atoms with Gasteiger partial charge in [-0.05, 0) is 57.7 Å². The monoisotopic (exact) mass is 479 g/mol. The molecule has 2 atom stereocenters. The zero-order valence-electron chi connectivity index (χ0n) is 19.6. The lowest BCUT2D eigenvalue weighted by Gasteiger charge is -2.22. The van der Waals surface area contributed by atoms with Crippen LogP contribution in [0.25, 0.3) is 11.4 Å². The minimum absolute atomic E-state index is 0.113. The first kappa shape index (κ1) is 22.7. The molecule has 3 aromatic heterocycles. The largest absolute Gasteiger partial charge is 0.381 e. The van der Waals surface area contributed by atoms with E-state index in [-0.39, 0.29) is 29.3 Å². The van der Waals surface area contributed by atoms with Crippen molar-refractivity contribution in [3.8, 4) is 11.4 Å². The summed E-state index contributed by atoms with van der Waals surface area (Å²) in [6.07, 6.45) is 5.79. The number of hydrogen-bond acceptors (Lipinski definition) is 6. The summed E-state index contributed by atoms with van der Waals surface area (Å²) in [6, 6.07) is 7.82. The first-order valence-electron chi connectivity index (χ1n) is 11.5. The van der Waals surface area contributed by atoms with E-state index in [2.05, 4.69) is 42.5 Å². The van der Waals surface area contributed by atoms with Gasteiger partial charge in [0.15, 0.2) is 5.13 Å². The Morgan fingerprint density at radius 2 is 2.09 bits per heavy atom. The molecule has 0 bridgehead atoms. The quantitative estimate of drug-likeness (QED) is 0.560. The molecule has 8 nitrogen and oxygen atoms in total. The van der Waals surface area contributed by atoms with Gasteiger partial charge in [0.05, 0.1) is 24.4 Å². The highest BCUT2D eigenvalue weighted by molar-refractivity contribution is 7.14. The number of ether oxygens (including phenoxy) is 1. The highest BCUT2D eigenvalue weighted by Crippen LogP contribution is 2.58. The Hall–Kier alpha value is -3.04. The second-order valence-electron chi connectivity index (χ2n) is 10.0. The normalized spacial score (nSPS) is 21.6. The van der Waals surface area contributed by atoms with Crippen LogP contribution in [0.15, 0.2) is 42.0 Å². The third-order valence-electron chi connectivity index (χ3n) is 6.65. The maximum Gasteiger partial charge on any atom is 0.253 e. The smallest absolute Gasteiger partial charge is 0.253 e. The second-order valence-corrected chi connectivity index (χ2v) is 10.9. The van der Waals surface area contributed by atoms with Crippen molar-refractivity contribution in [2.24, 2.45) is 5.92 Å². The van der Waals surface area contributed by atoms with Gasteiger partial charge in [0.25, 0.3) is 5.91 Å². The van der Waals surface area contributed by atoms with E-state index in [1.54, 1.807) is 12.3 Å². The van der Waals surface area contributed by atoms with E-state index in [1.807, 2.05) is 28.3 Å². The lowest BCUT2D eigenvalue weighted by Crippen LogP contribution is -2.32. The molecule has 0 radical (unpaired) electrons. The van der Waals surface area contributed by atoms with Gasteiger partial charge in [-0.1, -0.05) is 6.07 Å². The van der Waals surface area contributed by atoms with Crippen molar-refractivity contribution in [3.63, 3.8) is 0 Å². The van der Waals surface area contributed by atoms with Crippen LogP contribution in [0.1, 0.15) is 49.7 Å². The van der Waals surface area contributed by atoms with Crippen LogP contribution in [-0.4, -0.2) is 46.1 Å². The molecule has 9 heteroatoms. The van der Waals surface area contributed by atoms with E-state index in [0.717, 1.165) is 43.1 Å². The molecule has 1 saturated carbocycles. The van der Waals surface area contributed by atoms with Crippen LogP contribution in [0.4, 0.5) is 5.13 Å². The molecule has 2 unspecified atom stereocenters. The number of fused-ring (bicyclic) bond motifs is 1. The van der Waals surface area contributed by atoms with E-state index in [9.17, 15) is 9.59 Å². The summed E-state index contributed by atoms with van der Waals surface area (Å²) in [4.78, 5) is 34.2. The average Bonchev–Trinajstić information content (AvgIpc) is 3.11. The number of carbonyl (C=O) groups is 2. The zero-order valence-corrected chi connectivity index (χ0v) is 20.4. The van der Waals surface area contributed by atoms with Gasteiger partial charge >= 0.3 is 0 Å². The van der Waals surface area contributed by atoms with Crippen LogP contribution in [0.3, 0.4) is 0 Å². The van der Waals surface area contributed by atoms with E-state index < -0.39 is 0 Å². The molecule has 1 aliphatic carbocycles. The summed E-state index contributed by atoms with van der Waals surface area (Å²) in [5, 5.41) is 7.80. The molecule has 1 aliphatic heterocycles. The maximum absolute atomic E-state index is 12.4. The third-order valence-corrected chi connectivity index (χ3v) is 7.41. The lowest BCUT2D eigenvalue weighted by atomic mass is 9.93. The van der Waals surface area contributed by atoms with Gasteiger partial charge in [0.1, 0.15) is 5.69 Å². The van der Waals surface area contributed by atoms with Crippen molar-refractivity contribution < 1.29 is 14.3 Å². The Bertz CT molecular complexity index is 1230. The molecule has 3 aromatic rings. The Morgan fingerprint density at radius 1 is 1.24 bits per heavy atom. The Morgan fingerprint density at radius 3 is 2.85 bits per heavy atom. The Kier molecular flexibility index (Phi) is 5.77. The second kappa shape index (κ2) is 8.63. The molecule has 34 heavy (non-hydrogen) atoms. The number of anilines is 1. The van der Waals surface area contributed by atoms with Crippen LogP contribution >= 0.6 is 11.3 Å². The minimum atomic E-state index is -0.326. The number of carbonyl (C=O) groups excluding carboxylic acids is 2. The predicted octanol–water partition coefficient (Wildman–Crippen LogP) is 3.81. The number of pyridine rings is 1. The molecule has 0 spiro atoms. The van der Waals surface area contributed by atoms with Crippen molar-refractivity contribution in [1.82, 2.24) is 19.9 Å². The summed E-state index contributed by atoms with van der Waals surface area (Å²) in [7, 11) is 0. The SMILES string of the molecule is CC(C)(C)n1ccc(C(=O)NCC(=O)Nc2nc(-c3cccc(C45CCOCC4C5)n3)cs2)c1. The van der Waals surface area contributed by atoms with Gasteiger partial charge in [-0.3, -0.25) is 14.6 Å². The van der Waals surface area contributed by atoms with E-state index in [4.69, 9.17) is 9.72 Å². The summed E-state index contributed by atoms with van der Waals surface area (Å²) in [5.41, 5.74) is 3.21. The van der Waals surface area contributed by atoms with Gasteiger partial charge in [-0.25, -0.2) is 4.98 Å². The minimum Gasteiger partial charge on any atom is -0.381 e. The predicted molar refractivity (Wildman–Crippen MR) is 131 cm³/mol. The number of nitrogens with one attached hydrogen (secondary N) is 2. The number of aromatic nitrogens is 3. The molecule has 2 fully saturated rings. The standard InChI is InChI=1S/C25H29N5O3S/c1-24(2,3)30-9-7-16(13-30)22(32)26-12-21(31)29-23-28-19(15-34-23)18-5-4-6-20(27-18)25-8-10-33-14-17(25)11-25/h4-7,9,13,15,17H,8,10-12,14H2,1-3H3,(H,26,32)(H,28,29,31). The van der Waals surface area contributed by atoms with Gasteiger partial charge in [0.2, 0.25) is 5.91 Å². The van der Waals surface area contributed by atoms with Gasteiger partial charge in [0, 0.05) is 41.0 Å². The number of rotatable bonds is 6. The number of nitrogens with zero attached hydrogens (tertiary/aromatic N) is 3. The molecular weight excluding hydrogens is 450 g/mol. The van der Waals surface area contributed by atoms with Crippen LogP contribution in [0.5, 0.6) is 0 Å². The summed E-state index contributed by atoms with van der Waals surface area (Å²) in [6.45, 7) is 7.65. The molecule has 4 heterocycles.